The molecule has 18 heavy (non-hydrogen) atoms. The van der Waals surface area contributed by atoms with E-state index >= 15 is 0 Å². The maximum atomic E-state index is 6.15. The number of nitrogens with one attached hydrogen (secondary N) is 1. The summed E-state index contributed by atoms with van der Waals surface area (Å²) in [5.41, 5.74) is 1.02. The third-order valence-electron chi connectivity index (χ3n) is 3.84. The highest BCUT2D eigenvalue weighted by molar-refractivity contribution is 6.35. The van der Waals surface area contributed by atoms with Gasteiger partial charge in [-0.1, -0.05) is 49.0 Å². The van der Waals surface area contributed by atoms with Crippen LogP contribution in [0.4, 0.5) is 0 Å². The van der Waals surface area contributed by atoms with Gasteiger partial charge in [-0.2, -0.15) is 0 Å². The quantitative estimate of drug-likeness (QED) is 0.829. The molecule has 1 aliphatic carbocycles. The molecule has 1 fully saturated rings. The van der Waals surface area contributed by atoms with Crippen LogP contribution in [0.25, 0.3) is 0 Å². The Morgan fingerprint density at radius 2 is 1.94 bits per heavy atom. The van der Waals surface area contributed by atoms with Crippen molar-refractivity contribution in [1.29, 1.82) is 0 Å². The fraction of sp³-hybridized carbons (Fsp3) is 0.600. The molecule has 0 bridgehead atoms. The molecular formula is C15H21Cl2N. The first-order valence-corrected chi connectivity index (χ1v) is 7.56. The third kappa shape index (κ3) is 3.88. The van der Waals surface area contributed by atoms with Gasteiger partial charge < -0.3 is 5.32 Å². The summed E-state index contributed by atoms with van der Waals surface area (Å²) < 4.78 is 0. The summed E-state index contributed by atoms with van der Waals surface area (Å²) in [6, 6.07) is 5.68. The summed E-state index contributed by atoms with van der Waals surface area (Å²) in [6.45, 7) is 4.20. The van der Waals surface area contributed by atoms with Gasteiger partial charge in [-0.3, -0.25) is 0 Å². The van der Waals surface area contributed by atoms with Crippen LogP contribution < -0.4 is 5.32 Å². The zero-order chi connectivity index (χ0) is 13.0. The zero-order valence-electron chi connectivity index (χ0n) is 10.9. The van der Waals surface area contributed by atoms with E-state index in [1.807, 2.05) is 18.2 Å². The highest BCUT2D eigenvalue weighted by Gasteiger charge is 2.18. The van der Waals surface area contributed by atoms with Crippen molar-refractivity contribution in [2.75, 3.05) is 6.54 Å². The van der Waals surface area contributed by atoms with Gasteiger partial charge in [-0.15, -0.1) is 0 Å². The lowest BCUT2D eigenvalue weighted by Gasteiger charge is -2.27. The fourth-order valence-corrected chi connectivity index (χ4v) is 3.38. The van der Waals surface area contributed by atoms with E-state index in [-0.39, 0.29) is 0 Å². The summed E-state index contributed by atoms with van der Waals surface area (Å²) in [6.07, 6.45) is 5.48. The van der Waals surface area contributed by atoms with Crippen LogP contribution in [0.15, 0.2) is 18.2 Å². The van der Waals surface area contributed by atoms with E-state index in [0.29, 0.717) is 0 Å². The van der Waals surface area contributed by atoms with Crippen LogP contribution >= 0.6 is 23.2 Å². The Morgan fingerprint density at radius 1 is 1.22 bits per heavy atom. The molecule has 1 saturated carbocycles. The molecule has 1 aromatic rings. The van der Waals surface area contributed by atoms with Crippen LogP contribution in [-0.2, 0) is 6.54 Å². The van der Waals surface area contributed by atoms with Crippen LogP contribution in [0.3, 0.4) is 0 Å². The highest BCUT2D eigenvalue weighted by Crippen LogP contribution is 2.28. The topological polar surface area (TPSA) is 12.0 Å². The van der Waals surface area contributed by atoms with Crippen molar-refractivity contribution in [3.8, 4) is 0 Å². The molecule has 0 radical (unpaired) electrons. The summed E-state index contributed by atoms with van der Waals surface area (Å²) >= 11 is 12.3. The van der Waals surface area contributed by atoms with Crippen molar-refractivity contribution in [3.05, 3.63) is 33.8 Å². The molecule has 2 rings (SSSR count). The van der Waals surface area contributed by atoms with Gasteiger partial charge in [-0.25, -0.2) is 0 Å². The standard InChI is InChI=1S/C15H21Cl2N/c1-11-4-2-5-12(8-11)9-18-10-13-14(16)6-3-7-15(13)17/h3,6-7,11-12,18H,2,4-5,8-10H2,1H3. The lowest BCUT2D eigenvalue weighted by Crippen LogP contribution is -2.26. The average molecular weight is 286 g/mol. The number of halogens is 2. The largest absolute Gasteiger partial charge is 0.312 e. The SMILES string of the molecule is CC1CCCC(CNCc2c(Cl)cccc2Cl)C1. The second kappa shape index (κ2) is 6.79. The smallest absolute Gasteiger partial charge is 0.0465 e. The monoisotopic (exact) mass is 285 g/mol. The maximum absolute atomic E-state index is 6.15. The van der Waals surface area contributed by atoms with Crippen molar-refractivity contribution in [3.63, 3.8) is 0 Å². The molecule has 100 valence electrons. The van der Waals surface area contributed by atoms with Crippen molar-refractivity contribution in [2.45, 2.75) is 39.2 Å². The van der Waals surface area contributed by atoms with Gasteiger partial charge >= 0.3 is 0 Å². The molecule has 1 aliphatic rings. The molecule has 0 saturated heterocycles. The highest BCUT2D eigenvalue weighted by atomic mass is 35.5. The molecular weight excluding hydrogens is 265 g/mol. The summed E-state index contributed by atoms with van der Waals surface area (Å²) in [5.74, 6) is 1.70. The van der Waals surface area contributed by atoms with Crippen LogP contribution in [0.2, 0.25) is 10.0 Å². The number of hydrogen-bond acceptors (Lipinski definition) is 1. The number of rotatable bonds is 4. The zero-order valence-corrected chi connectivity index (χ0v) is 12.4. The predicted molar refractivity (Wildman–Crippen MR) is 79.3 cm³/mol. The van der Waals surface area contributed by atoms with Gasteiger partial charge in [0.15, 0.2) is 0 Å². The van der Waals surface area contributed by atoms with E-state index in [1.165, 1.54) is 25.7 Å². The summed E-state index contributed by atoms with van der Waals surface area (Å²) in [7, 11) is 0. The molecule has 2 atom stereocenters. The first kappa shape index (κ1) is 14.2. The van der Waals surface area contributed by atoms with Gasteiger partial charge in [0.2, 0.25) is 0 Å². The normalized spacial score (nSPS) is 24.2. The lowest BCUT2D eigenvalue weighted by atomic mass is 9.82. The molecule has 2 unspecified atom stereocenters. The van der Waals surface area contributed by atoms with E-state index in [2.05, 4.69) is 12.2 Å². The average Bonchev–Trinajstić information content (AvgIpc) is 2.33. The van der Waals surface area contributed by atoms with Crippen molar-refractivity contribution < 1.29 is 0 Å². The molecule has 0 aliphatic heterocycles. The molecule has 1 aromatic carbocycles. The van der Waals surface area contributed by atoms with E-state index in [9.17, 15) is 0 Å². The van der Waals surface area contributed by atoms with Gasteiger partial charge in [-0.05, 0) is 43.4 Å². The molecule has 1 N–H and O–H groups in total. The Hall–Kier alpha value is -0.240. The van der Waals surface area contributed by atoms with E-state index in [0.717, 1.165) is 40.5 Å². The Kier molecular flexibility index (Phi) is 5.35. The first-order valence-electron chi connectivity index (χ1n) is 6.80. The Morgan fingerprint density at radius 3 is 2.61 bits per heavy atom. The minimum atomic E-state index is 0.756. The maximum Gasteiger partial charge on any atom is 0.0465 e. The molecule has 0 amide bonds. The molecule has 0 spiro atoms. The summed E-state index contributed by atoms with van der Waals surface area (Å²) in [5, 5.41) is 5.02. The summed E-state index contributed by atoms with van der Waals surface area (Å²) in [4.78, 5) is 0. The van der Waals surface area contributed by atoms with Gasteiger partial charge in [0.05, 0.1) is 0 Å². The van der Waals surface area contributed by atoms with Crippen molar-refractivity contribution in [2.24, 2.45) is 11.8 Å². The predicted octanol–water partition coefficient (Wildman–Crippen LogP) is 4.91. The molecule has 3 heteroatoms. The Bertz CT molecular complexity index is 372. The number of benzene rings is 1. The minimum absolute atomic E-state index is 0.756. The van der Waals surface area contributed by atoms with Crippen LogP contribution in [0.5, 0.6) is 0 Å². The fourth-order valence-electron chi connectivity index (χ4n) is 2.85. The third-order valence-corrected chi connectivity index (χ3v) is 4.55. The number of hydrogen-bond donors (Lipinski definition) is 1. The lowest BCUT2D eigenvalue weighted by molar-refractivity contribution is 0.274. The van der Waals surface area contributed by atoms with Gasteiger partial charge in [0, 0.05) is 22.2 Å². The molecule has 1 nitrogen and oxygen atoms in total. The first-order chi connectivity index (χ1) is 8.66. The Labute approximate surface area is 120 Å². The van der Waals surface area contributed by atoms with Crippen molar-refractivity contribution in [1.82, 2.24) is 5.32 Å². The van der Waals surface area contributed by atoms with Crippen LogP contribution in [-0.4, -0.2) is 6.54 Å². The second-order valence-corrected chi connectivity index (χ2v) is 6.28. The van der Waals surface area contributed by atoms with E-state index in [1.54, 1.807) is 0 Å². The van der Waals surface area contributed by atoms with Gasteiger partial charge in [0.25, 0.3) is 0 Å². The van der Waals surface area contributed by atoms with Crippen LogP contribution in [0.1, 0.15) is 38.2 Å². The Balaban J connectivity index is 1.81. The van der Waals surface area contributed by atoms with E-state index in [4.69, 9.17) is 23.2 Å². The minimum Gasteiger partial charge on any atom is -0.312 e. The van der Waals surface area contributed by atoms with Crippen molar-refractivity contribution >= 4 is 23.2 Å². The molecule has 0 aromatic heterocycles. The molecule has 0 heterocycles. The second-order valence-electron chi connectivity index (χ2n) is 5.47. The van der Waals surface area contributed by atoms with Crippen LogP contribution in [0, 0.1) is 11.8 Å². The van der Waals surface area contributed by atoms with Gasteiger partial charge in [0.1, 0.15) is 0 Å². The van der Waals surface area contributed by atoms with E-state index < -0.39 is 0 Å².